The molecule has 0 aliphatic heterocycles. The highest BCUT2D eigenvalue weighted by Crippen LogP contribution is 2.34. The molecule has 3 aromatic rings. The van der Waals surface area contributed by atoms with Crippen molar-refractivity contribution in [1.82, 2.24) is 4.98 Å². The molecule has 7 heteroatoms. The molecule has 156 valence electrons. The molecular formula is C23H22FNO4S. The van der Waals surface area contributed by atoms with Gasteiger partial charge in [-0.15, -0.1) is 11.3 Å². The van der Waals surface area contributed by atoms with Crippen molar-refractivity contribution >= 4 is 23.1 Å². The van der Waals surface area contributed by atoms with Crippen LogP contribution in [0.5, 0.6) is 5.88 Å². The van der Waals surface area contributed by atoms with Gasteiger partial charge in [0.15, 0.2) is 5.78 Å². The average Bonchev–Trinajstić information content (AvgIpc) is 3.10. The van der Waals surface area contributed by atoms with Crippen LogP contribution < -0.4 is 4.74 Å². The van der Waals surface area contributed by atoms with Crippen molar-refractivity contribution in [2.75, 3.05) is 7.11 Å². The van der Waals surface area contributed by atoms with E-state index in [9.17, 15) is 14.0 Å². The van der Waals surface area contributed by atoms with Crippen LogP contribution in [0.25, 0.3) is 11.1 Å². The van der Waals surface area contributed by atoms with Gasteiger partial charge in [0.05, 0.1) is 12.7 Å². The Hall–Kier alpha value is -3.06. The number of thiophene rings is 1. The van der Waals surface area contributed by atoms with Crippen molar-refractivity contribution in [3.63, 3.8) is 0 Å². The fourth-order valence-electron chi connectivity index (χ4n) is 2.86. The molecular weight excluding hydrogens is 405 g/mol. The summed E-state index contributed by atoms with van der Waals surface area (Å²) in [6, 6.07) is 9.00. The van der Waals surface area contributed by atoms with Crippen molar-refractivity contribution < 1.29 is 23.5 Å². The fourth-order valence-corrected chi connectivity index (χ4v) is 3.90. The number of esters is 1. The molecule has 0 spiro atoms. The first-order valence-corrected chi connectivity index (χ1v) is 10.2. The molecule has 30 heavy (non-hydrogen) atoms. The summed E-state index contributed by atoms with van der Waals surface area (Å²) in [5, 5.41) is 1.80. The number of aromatic nitrogens is 1. The van der Waals surface area contributed by atoms with Crippen LogP contribution in [0.1, 0.15) is 46.4 Å². The first-order valence-electron chi connectivity index (χ1n) is 9.31. The molecule has 5 nitrogen and oxygen atoms in total. The molecule has 0 N–H and O–H groups in total. The first kappa shape index (κ1) is 21.6. The molecule has 0 saturated carbocycles. The molecule has 0 amide bonds. The predicted octanol–water partition coefficient (Wildman–Crippen LogP) is 5.34. The summed E-state index contributed by atoms with van der Waals surface area (Å²) in [4.78, 5) is 30.5. The van der Waals surface area contributed by atoms with E-state index in [1.807, 2.05) is 0 Å². The van der Waals surface area contributed by atoms with Crippen molar-refractivity contribution in [2.45, 2.75) is 32.8 Å². The minimum Gasteiger partial charge on any atom is -0.481 e. The van der Waals surface area contributed by atoms with E-state index in [0.717, 1.165) is 0 Å². The standard InChI is InChI=1S/C23H22FNO4S/c1-23(2,3)29-22(27)21-17(15-8-9-20(28-4)25-12-15)13-30-19(21)11-18(26)14-6-5-7-16(24)10-14/h5-10,12-13H,11H2,1-4H3. The number of ketones is 1. The number of hydrogen-bond donors (Lipinski definition) is 0. The molecule has 0 atom stereocenters. The second-order valence-corrected chi connectivity index (χ2v) is 8.61. The predicted molar refractivity (Wildman–Crippen MR) is 114 cm³/mol. The SMILES string of the molecule is COc1ccc(-c2csc(CC(=O)c3cccc(F)c3)c2C(=O)OC(C)(C)C)cn1. The Morgan fingerprint density at radius 1 is 1.17 bits per heavy atom. The Bertz CT molecular complexity index is 1070. The maximum atomic E-state index is 13.5. The number of nitrogens with zero attached hydrogens (tertiary/aromatic N) is 1. The van der Waals surface area contributed by atoms with Crippen LogP contribution in [0.2, 0.25) is 0 Å². The average molecular weight is 427 g/mol. The van der Waals surface area contributed by atoms with Crippen LogP contribution in [0.4, 0.5) is 4.39 Å². The molecule has 0 bridgehead atoms. The highest BCUT2D eigenvalue weighted by molar-refractivity contribution is 7.11. The third-order valence-corrected chi connectivity index (χ3v) is 5.18. The van der Waals surface area contributed by atoms with E-state index in [1.165, 1.54) is 36.6 Å². The normalized spacial score (nSPS) is 11.2. The molecule has 2 aromatic heterocycles. The minimum atomic E-state index is -0.696. The lowest BCUT2D eigenvalue weighted by Crippen LogP contribution is -2.24. The van der Waals surface area contributed by atoms with Crippen molar-refractivity contribution in [1.29, 1.82) is 0 Å². The van der Waals surface area contributed by atoms with Gasteiger partial charge in [0, 0.05) is 40.3 Å². The zero-order chi connectivity index (χ0) is 21.9. The van der Waals surface area contributed by atoms with E-state index in [1.54, 1.807) is 50.5 Å². The van der Waals surface area contributed by atoms with Gasteiger partial charge in [-0.2, -0.15) is 0 Å². The number of carbonyl (C=O) groups excluding carboxylic acids is 2. The van der Waals surface area contributed by atoms with Gasteiger partial charge in [0.1, 0.15) is 11.4 Å². The second kappa shape index (κ2) is 8.75. The zero-order valence-corrected chi connectivity index (χ0v) is 18.0. The highest BCUT2D eigenvalue weighted by Gasteiger charge is 2.27. The van der Waals surface area contributed by atoms with Gasteiger partial charge >= 0.3 is 5.97 Å². The summed E-state index contributed by atoms with van der Waals surface area (Å²) in [7, 11) is 1.52. The summed E-state index contributed by atoms with van der Waals surface area (Å²) in [6.45, 7) is 5.34. The van der Waals surface area contributed by atoms with Crippen molar-refractivity contribution in [3.8, 4) is 17.0 Å². The first-order chi connectivity index (χ1) is 14.2. The summed E-state index contributed by atoms with van der Waals surface area (Å²) in [6.07, 6.45) is 1.57. The van der Waals surface area contributed by atoms with E-state index in [0.29, 0.717) is 27.4 Å². The van der Waals surface area contributed by atoms with Crippen LogP contribution in [-0.4, -0.2) is 29.4 Å². The van der Waals surface area contributed by atoms with Crippen LogP contribution in [0.3, 0.4) is 0 Å². The number of rotatable bonds is 6. The molecule has 0 saturated heterocycles. The number of carbonyl (C=O) groups is 2. The quantitative estimate of drug-likeness (QED) is 0.392. The van der Waals surface area contributed by atoms with Gasteiger partial charge in [0.2, 0.25) is 5.88 Å². The lowest BCUT2D eigenvalue weighted by Gasteiger charge is -2.20. The number of methoxy groups -OCH3 is 1. The number of hydrogen-bond acceptors (Lipinski definition) is 6. The van der Waals surface area contributed by atoms with E-state index in [2.05, 4.69) is 4.98 Å². The van der Waals surface area contributed by atoms with Crippen LogP contribution >= 0.6 is 11.3 Å². The molecule has 0 aliphatic rings. The van der Waals surface area contributed by atoms with Gasteiger partial charge in [-0.25, -0.2) is 14.2 Å². The smallest absolute Gasteiger partial charge is 0.340 e. The molecule has 0 unspecified atom stereocenters. The number of benzene rings is 1. The van der Waals surface area contributed by atoms with Crippen LogP contribution in [0, 0.1) is 5.82 Å². The third kappa shape index (κ3) is 5.10. The highest BCUT2D eigenvalue weighted by atomic mass is 32.1. The monoisotopic (exact) mass is 427 g/mol. The lowest BCUT2D eigenvalue weighted by molar-refractivity contribution is 0.00702. The van der Waals surface area contributed by atoms with Gasteiger partial charge < -0.3 is 9.47 Å². The Balaban J connectivity index is 2.00. The van der Waals surface area contributed by atoms with Gasteiger partial charge in [-0.05, 0) is 44.4 Å². The van der Waals surface area contributed by atoms with Crippen LogP contribution in [0.15, 0.2) is 48.0 Å². The number of halogens is 1. The molecule has 0 fully saturated rings. The summed E-state index contributed by atoms with van der Waals surface area (Å²) < 4.78 is 24.2. The molecule has 3 rings (SSSR count). The van der Waals surface area contributed by atoms with Crippen LogP contribution in [-0.2, 0) is 11.2 Å². The van der Waals surface area contributed by atoms with E-state index in [4.69, 9.17) is 9.47 Å². The van der Waals surface area contributed by atoms with Gasteiger partial charge in [-0.1, -0.05) is 12.1 Å². The Labute approximate surface area is 178 Å². The Morgan fingerprint density at radius 3 is 2.53 bits per heavy atom. The van der Waals surface area contributed by atoms with Crippen molar-refractivity contribution in [3.05, 3.63) is 69.8 Å². The largest absolute Gasteiger partial charge is 0.481 e. The molecule has 0 radical (unpaired) electrons. The lowest BCUT2D eigenvalue weighted by atomic mass is 10.0. The summed E-state index contributed by atoms with van der Waals surface area (Å²) in [5.41, 5.74) is 1.22. The topological polar surface area (TPSA) is 65.5 Å². The minimum absolute atomic E-state index is 0.0354. The zero-order valence-electron chi connectivity index (χ0n) is 17.2. The van der Waals surface area contributed by atoms with E-state index in [-0.39, 0.29) is 17.8 Å². The van der Waals surface area contributed by atoms with E-state index < -0.39 is 17.4 Å². The molecule has 2 heterocycles. The number of Topliss-reactive ketones (excluding diaryl/α,β-unsaturated/α-hetero) is 1. The third-order valence-electron chi connectivity index (χ3n) is 4.19. The van der Waals surface area contributed by atoms with Gasteiger partial charge in [0.25, 0.3) is 0 Å². The van der Waals surface area contributed by atoms with Crippen molar-refractivity contribution in [2.24, 2.45) is 0 Å². The Morgan fingerprint density at radius 2 is 1.93 bits per heavy atom. The number of pyridine rings is 1. The van der Waals surface area contributed by atoms with Gasteiger partial charge in [-0.3, -0.25) is 4.79 Å². The van der Waals surface area contributed by atoms with E-state index >= 15 is 0 Å². The number of ether oxygens (including phenoxy) is 2. The molecule has 1 aromatic carbocycles. The maximum Gasteiger partial charge on any atom is 0.340 e. The summed E-state index contributed by atoms with van der Waals surface area (Å²) >= 11 is 1.29. The summed E-state index contributed by atoms with van der Waals surface area (Å²) in [5.74, 6) is -0.823. The maximum absolute atomic E-state index is 13.5. The molecule has 0 aliphatic carbocycles. The second-order valence-electron chi connectivity index (χ2n) is 7.65. The fraction of sp³-hybridized carbons (Fsp3) is 0.261. The Kier molecular flexibility index (Phi) is 6.31.